The van der Waals surface area contributed by atoms with Crippen LogP contribution in [0.1, 0.15) is 0 Å². The topological polar surface area (TPSA) is 60.2 Å². The fraction of sp³-hybridized carbons (Fsp3) is 0.600. The second-order valence-electron chi connectivity index (χ2n) is 1.90. The van der Waals surface area contributed by atoms with E-state index in [1.807, 2.05) is 0 Å². The zero-order valence-electron chi connectivity index (χ0n) is 5.51. The molecule has 0 fully saturated rings. The van der Waals surface area contributed by atoms with Crippen molar-refractivity contribution < 1.29 is 12.8 Å². The van der Waals surface area contributed by atoms with Crippen molar-refractivity contribution in [2.75, 3.05) is 18.1 Å². The fourth-order valence-corrected chi connectivity index (χ4v) is 1.47. The number of rotatable bonds is 4. The van der Waals surface area contributed by atoms with Gasteiger partial charge in [0.25, 0.3) is 0 Å². The summed E-state index contributed by atoms with van der Waals surface area (Å²) in [6.07, 6.45) is 0. The summed E-state index contributed by atoms with van der Waals surface area (Å²) in [5.74, 6) is -1.63. The van der Waals surface area contributed by atoms with Crippen LogP contribution in [0.5, 0.6) is 0 Å². The van der Waals surface area contributed by atoms with E-state index in [0.717, 1.165) is 0 Å². The number of hydrogen-bond acceptors (Lipinski definition) is 3. The average Bonchev–Trinajstić information content (AvgIpc) is 1.59. The first kappa shape index (κ1) is 9.58. The maximum absolute atomic E-state index is 11.9. The Morgan fingerprint density at radius 3 is 2.40 bits per heavy atom. The summed E-state index contributed by atoms with van der Waals surface area (Å²) in [5.41, 5.74) is 4.96. The van der Waals surface area contributed by atoms with E-state index in [-0.39, 0.29) is 12.3 Å². The largest absolute Gasteiger partial charge is 0.329 e. The molecule has 0 aliphatic carbocycles. The lowest BCUT2D eigenvalue weighted by atomic mass is 10.7. The van der Waals surface area contributed by atoms with Crippen molar-refractivity contribution in [2.45, 2.75) is 0 Å². The normalized spacial score (nSPS) is 11.4. The van der Waals surface area contributed by atoms with Gasteiger partial charge in [-0.15, -0.1) is 0 Å². The molecule has 0 saturated heterocycles. The number of hydrogen-bond donors (Lipinski definition) is 1. The van der Waals surface area contributed by atoms with Crippen LogP contribution in [-0.4, -0.2) is 26.5 Å². The second-order valence-corrected chi connectivity index (χ2v) is 4.08. The zero-order valence-corrected chi connectivity index (χ0v) is 6.32. The molecule has 60 valence electrons. The van der Waals surface area contributed by atoms with Gasteiger partial charge in [0.1, 0.15) is 11.6 Å². The molecule has 2 N–H and O–H groups in total. The summed E-state index contributed by atoms with van der Waals surface area (Å²) in [5, 5.41) is 0. The smallest absolute Gasteiger partial charge is 0.157 e. The van der Waals surface area contributed by atoms with Crippen molar-refractivity contribution in [3.05, 3.63) is 12.4 Å². The summed E-state index contributed by atoms with van der Waals surface area (Å²) in [6.45, 7) is 2.86. The maximum atomic E-state index is 11.9. The summed E-state index contributed by atoms with van der Waals surface area (Å²) in [7, 11) is -3.33. The van der Waals surface area contributed by atoms with Gasteiger partial charge in [0.15, 0.2) is 9.84 Å². The first-order chi connectivity index (χ1) is 4.48. The number of sulfone groups is 1. The minimum atomic E-state index is -3.33. The van der Waals surface area contributed by atoms with Crippen molar-refractivity contribution in [1.82, 2.24) is 0 Å². The quantitative estimate of drug-likeness (QED) is 0.633. The fourth-order valence-electron chi connectivity index (χ4n) is 0.490. The van der Waals surface area contributed by atoms with E-state index >= 15 is 0 Å². The highest BCUT2D eigenvalue weighted by molar-refractivity contribution is 7.91. The van der Waals surface area contributed by atoms with E-state index in [9.17, 15) is 12.8 Å². The van der Waals surface area contributed by atoms with Gasteiger partial charge in [0.2, 0.25) is 0 Å². The third kappa shape index (κ3) is 4.46. The van der Waals surface area contributed by atoms with Gasteiger partial charge < -0.3 is 5.73 Å². The molecule has 0 radical (unpaired) electrons. The molecule has 0 aromatic rings. The van der Waals surface area contributed by atoms with Gasteiger partial charge in [0.05, 0.1) is 5.75 Å². The Morgan fingerprint density at radius 2 is 2.10 bits per heavy atom. The van der Waals surface area contributed by atoms with E-state index in [0.29, 0.717) is 0 Å². The molecule has 0 spiro atoms. The molecule has 0 heterocycles. The minimum absolute atomic E-state index is 0.0234. The third-order valence-electron chi connectivity index (χ3n) is 0.805. The van der Waals surface area contributed by atoms with Crippen LogP contribution in [0.2, 0.25) is 0 Å². The van der Waals surface area contributed by atoms with Gasteiger partial charge in [0, 0.05) is 6.54 Å². The van der Waals surface area contributed by atoms with Crippen LogP contribution in [0, 0.1) is 0 Å². The van der Waals surface area contributed by atoms with Crippen molar-refractivity contribution in [2.24, 2.45) is 5.73 Å². The Labute approximate surface area is 59.6 Å². The molecule has 0 aromatic carbocycles. The molecule has 0 atom stereocenters. The molecule has 5 heteroatoms. The zero-order chi connectivity index (χ0) is 8.20. The highest BCUT2D eigenvalue weighted by atomic mass is 32.2. The molecule has 0 aliphatic rings. The van der Waals surface area contributed by atoms with Gasteiger partial charge in [-0.05, 0) is 0 Å². The Morgan fingerprint density at radius 1 is 1.60 bits per heavy atom. The lowest BCUT2D eigenvalue weighted by Gasteiger charge is -1.97. The van der Waals surface area contributed by atoms with E-state index in [1.54, 1.807) is 0 Å². The van der Waals surface area contributed by atoms with Crippen LogP contribution in [0.15, 0.2) is 12.4 Å². The van der Waals surface area contributed by atoms with Crippen LogP contribution >= 0.6 is 0 Å². The van der Waals surface area contributed by atoms with Gasteiger partial charge in [-0.25, -0.2) is 12.8 Å². The molecule has 0 bridgehead atoms. The standard InChI is InChI=1S/C5H10FNO2S/c1-5(6)4-10(8,9)3-2-7/h1-4,7H2. The Bertz CT molecular complexity index is 210. The van der Waals surface area contributed by atoms with E-state index in [4.69, 9.17) is 5.73 Å². The molecular weight excluding hydrogens is 157 g/mol. The lowest BCUT2D eigenvalue weighted by Crippen LogP contribution is -2.18. The first-order valence-electron chi connectivity index (χ1n) is 2.72. The molecule has 10 heavy (non-hydrogen) atoms. The van der Waals surface area contributed by atoms with Gasteiger partial charge >= 0.3 is 0 Å². The van der Waals surface area contributed by atoms with Crippen molar-refractivity contribution in [1.29, 1.82) is 0 Å². The van der Waals surface area contributed by atoms with Gasteiger partial charge in [-0.2, -0.15) is 0 Å². The Kier molecular flexibility index (Phi) is 3.52. The highest BCUT2D eigenvalue weighted by Crippen LogP contribution is 1.98. The van der Waals surface area contributed by atoms with Crippen LogP contribution in [0.25, 0.3) is 0 Å². The summed E-state index contributed by atoms with van der Waals surface area (Å²) in [6, 6.07) is 0. The maximum Gasteiger partial charge on any atom is 0.157 e. The molecular formula is C5H10FNO2S. The monoisotopic (exact) mass is 167 g/mol. The predicted molar refractivity (Wildman–Crippen MR) is 38.0 cm³/mol. The van der Waals surface area contributed by atoms with Crippen LogP contribution in [-0.2, 0) is 9.84 Å². The van der Waals surface area contributed by atoms with Crippen molar-refractivity contribution in [3.63, 3.8) is 0 Å². The first-order valence-corrected chi connectivity index (χ1v) is 4.54. The molecule has 0 unspecified atom stereocenters. The Hall–Kier alpha value is -0.420. The number of nitrogens with two attached hydrogens (primary N) is 1. The average molecular weight is 167 g/mol. The van der Waals surface area contributed by atoms with E-state index in [1.165, 1.54) is 0 Å². The molecule has 3 nitrogen and oxygen atoms in total. The van der Waals surface area contributed by atoms with E-state index in [2.05, 4.69) is 6.58 Å². The van der Waals surface area contributed by atoms with Gasteiger partial charge in [-0.1, -0.05) is 6.58 Å². The summed E-state index contributed by atoms with van der Waals surface area (Å²) in [4.78, 5) is 0. The van der Waals surface area contributed by atoms with E-state index < -0.39 is 21.4 Å². The molecule has 0 aliphatic heterocycles. The summed E-state index contributed by atoms with van der Waals surface area (Å²) < 4.78 is 33.2. The molecule has 0 aromatic heterocycles. The molecule has 0 saturated carbocycles. The number of halogens is 1. The van der Waals surface area contributed by atoms with Gasteiger partial charge in [-0.3, -0.25) is 0 Å². The molecule has 0 amide bonds. The van der Waals surface area contributed by atoms with Crippen LogP contribution < -0.4 is 5.73 Å². The third-order valence-corrected chi connectivity index (χ3v) is 2.42. The Balaban J connectivity index is 4.02. The molecule has 0 rings (SSSR count). The van der Waals surface area contributed by atoms with Crippen molar-refractivity contribution >= 4 is 9.84 Å². The highest BCUT2D eigenvalue weighted by Gasteiger charge is 2.10. The second kappa shape index (κ2) is 3.68. The van der Waals surface area contributed by atoms with Crippen molar-refractivity contribution in [3.8, 4) is 0 Å². The summed E-state index contributed by atoms with van der Waals surface area (Å²) >= 11 is 0. The van der Waals surface area contributed by atoms with Crippen LogP contribution in [0.4, 0.5) is 4.39 Å². The lowest BCUT2D eigenvalue weighted by molar-refractivity contribution is 0.585. The predicted octanol–water partition coefficient (Wildman–Crippen LogP) is -0.157. The SMILES string of the molecule is C=C(F)CS(=O)(=O)CCN. The minimum Gasteiger partial charge on any atom is -0.329 e. The van der Waals surface area contributed by atoms with Crippen LogP contribution in [0.3, 0.4) is 0 Å².